The maximum atomic E-state index is 12.9. The number of hydrogen-bond acceptors (Lipinski definition) is 5. The van der Waals surface area contributed by atoms with E-state index < -0.39 is 18.3 Å². The van der Waals surface area contributed by atoms with Gasteiger partial charge in [0, 0.05) is 13.1 Å². The van der Waals surface area contributed by atoms with E-state index in [-0.39, 0.29) is 5.91 Å². The van der Waals surface area contributed by atoms with Gasteiger partial charge in [0.15, 0.2) is 0 Å². The number of carbonyl (C=O) groups excluding carboxylic acids is 1. The van der Waals surface area contributed by atoms with Crippen LogP contribution in [-0.2, 0) is 14.0 Å². The number of methoxy groups -OCH3 is 1. The van der Waals surface area contributed by atoms with Gasteiger partial charge in [-0.15, -0.1) is 0 Å². The molecule has 1 amide bonds. The maximum Gasteiger partial charge on any atom is 0.494 e. The Hall–Kier alpha value is -1.57. The van der Waals surface area contributed by atoms with Crippen molar-refractivity contribution in [3.05, 3.63) is 23.8 Å². The fourth-order valence-corrected chi connectivity index (χ4v) is 2.96. The zero-order chi connectivity index (χ0) is 18.2. The van der Waals surface area contributed by atoms with Gasteiger partial charge in [0.1, 0.15) is 5.75 Å². The molecule has 0 aliphatic carbocycles. The van der Waals surface area contributed by atoms with Crippen LogP contribution in [0.25, 0.3) is 0 Å². The summed E-state index contributed by atoms with van der Waals surface area (Å²) < 4.78 is 22.9. The number of nitrogens with zero attached hydrogens (tertiary/aromatic N) is 1. The molecule has 6 nitrogen and oxygen atoms in total. The Balaban J connectivity index is 1.89. The molecule has 0 unspecified atom stereocenters. The molecule has 3 rings (SSSR count). The molecular weight excluding hydrogens is 321 g/mol. The first-order valence-electron chi connectivity index (χ1n) is 8.66. The fourth-order valence-electron chi connectivity index (χ4n) is 2.96. The van der Waals surface area contributed by atoms with E-state index >= 15 is 0 Å². The minimum atomic E-state index is -0.507. The van der Waals surface area contributed by atoms with Crippen LogP contribution in [0.3, 0.4) is 0 Å². The van der Waals surface area contributed by atoms with Crippen molar-refractivity contribution < 1.29 is 23.6 Å². The average Bonchev–Trinajstić information content (AvgIpc) is 2.82. The lowest BCUT2D eigenvalue weighted by Crippen LogP contribution is -2.41. The van der Waals surface area contributed by atoms with Gasteiger partial charge >= 0.3 is 7.12 Å². The number of morpholine rings is 1. The van der Waals surface area contributed by atoms with Crippen molar-refractivity contribution in [2.45, 2.75) is 38.9 Å². The SMILES string of the molecule is COc1ccc(B2OC(C)(C)C(C)(C)O2)cc1C(=O)N1CCOCC1. The summed E-state index contributed by atoms with van der Waals surface area (Å²) in [6.07, 6.45) is 0. The highest BCUT2D eigenvalue weighted by Crippen LogP contribution is 2.36. The Labute approximate surface area is 149 Å². The van der Waals surface area contributed by atoms with Gasteiger partial charge in [-0.2, -0.15) is 0 Å². The fraction of sp³-hybridized carbons (Fsp3) is 0.611. The van der Waals surface area contributed by atoms with Crippen molar-refractivity contribution in [3.8, 4) is 5.75 Å². The van der Waals surface area contributed by atoms with Gasteiger partial charge in [0.2, 0.25) is 0 Å². The van der Waals surface area contributed by atoms with Crippen molar-refractivity contribution in [1.29, 1.82) is 0 Å². The second-order valence-electron chi connectivity index (χ2n) is 7.45. The highest BCUT2D eigenvalue weighted by molar-refractivity contribution is 6.62. The van der Waals surface area contributed by atoms with E-state index in [1.54, 1.807) is 18.1 Å². The van der Waals surface area contributed by atoms with Crippen LogP contribution >= 0.6 is 0 Å². The number of ether oxygens (including phenoxy) is 2. The third kappa shape index (κ3) is 3.41. The molecule has 0 spiro atoms. The van der Waals surface area contributed by atoms with Gasteiger partial charge in [-0.05, 0) is 45.3 Å². The van der Waals surface area contributed by atoms with Crippen molar-refractivity contribution in [3.63, 3.8) is 0 Å². The van der Waals surface area contributed by atoms with E-state index in [1.807, 2.05) is 39.8 Å². The highest BCUT2D eigenvalue weighted by Gasteiger charge is 2.51. The zero-order valence-electron chi connectivity index (χ0n) is 15.6. The minimum Gasteiger partial charge on any atom is -0.496 e. The largest absolute Gasteiger partial charge is 0.496 e. The Bertz CT molecular complexity index is 639. The summed E-state index contributed by atoms with van der Waals surface area (Å²) in [6.45, 7) is 10.3. The Kier molecular flexibility index (Phi) is 4.83. The number of carbonyl (C=O) groups is 1. The second kappa shape index (κ2) is 6.63. The molecule has 136 valence electrons. The highest BCUT2D eigenvalue weighted by atomic mass is 16.7. The molecule has 2 aliphatic heterocycles. The first kappa shape index (κ1) is 18.2. The topological polar surface area (TPSA) is 57.2 Å². The number of rotatable bonds is 3. The summed E-state index contributed by atoms with van der Waals surface area (Å²) in [5, 5.41) is 0. The molecule has 0 atom stereocenters. The van der Waals surface area contributed by atoms with Crippen LogP contribution in [0.4, 0.5) is 0 Å². The third-order valence-electron chi connectivity index (χ3n) is 5.28. The molecule has 0 N–H and O–H groups in total. The Morgan fingerprint density at radius 1 is 1.12 bits per heavy atom. The van der Waals surface area contributed by atoms with Crippen LogP contribution < -0.4 is 10.2 Å². The summed E-state index contributed by atoms with van der Waals surface area (Å²) >= 11 is 0. The van der Waals surface area contributed by atoms with Crippen molar-refractivity contribution in [1.82, 2.24) is 4.90 Å². The summed E-state index contributed by atoms with van der Waals surface area (Å²) in [7, 11) is 1.06. The first-order chi connectivity index (χ1) is 11.7. The predicted molar refractivity (Wildman–Crippen MR) is 95.4 cm³/mol. The van der Waals surface area contributed by atoms with Crippen LogP contribution in [0.5, 0.6) is 5.75 Å². The van der Waals surface area contributed by atoms with Gasteiger partial charge in [0.25, 0.3) is 5.91 Å². The van der Waals surface area contributed by atoms with E-state index in [1.165, 1.54) is 0 Å². The summed E-state index contributed by atoms with van der Waals surface area (Å²) in [5.41, 5.74) is 0.491. The number of hydrogen-bond donors (Lipinski definition) is 0. The van der Waals surface area contributed by atoms with Crippen LogP contribution in [0.1, 0.15) is 38.1 Å². The van der Waals surface area contributed by atoms with Crippen LogP contribution in [0.15, 0.2) is 18.2 Å². The van der Waals surface area contributed by atoms with E-state index in [9.17, 15) is 4.79 Å². The van der Waals surface area contributed by atoms with Crippen molar-refractivity contribution >= 4 is 18.5 Å². The number of benzene rings is 1. The minimum absolute atomic E-state index is 0.0569. The van der Waals surface area contributed by atoms with E-state index in [0.29, 0.717) is 37.6 Å². The number of amides is 1. The molecule has 0 radical (unpaired) electrons. The lowest BCUT2D eigenvalue weighted by atomic mass is 9.78. The van der Waals surface area contributed by atoms with Gasteiger partial charge in [0.05, 0.1) is 37.1 Å². The Morgan fingerprint density at radius 3 is 2.28 bits per heavy atom. The van der Waals surface area contributed by atoms with Crippen LogP contribution in [-0.4, -0.2) is 62.5 Å². The van der Waals surface area contributed by atoms with Crippen LogP contribution in [0.2, 0.25) is 0 Å². The molecule has 2 saturated heterocycles. The van der Waals surface area contributed by atoms with Gasteiger partial charge in [-0.1, -0.05) is 6.07 Å². The van der Waals surface area contributed by atoms with Crippen molar-refractivity contribution in [2.24, 2.45) is 0 Å². The summed E-state index contributed by atoms with van der Waals surface area (Å²) in [4.78, 5) is 14.7. The summed E-state index contributed by atoms with van der Waals surface area (Å²) in [5.74, 6) is 0.496. The maximum absolute atomic E-state index is 12.9. The standard InChI is InChI=1S/C18H26BNO5/c1-17(2)18(3,4)25-19(24-17)13-6-7-15(22-5)14(12-13)16(21)20-8-10-23-11-9-20/h6-7,12H,8-11H2,1-5H3. The van der Waals surface area contributed by atoms with E-state index in [4.69, 9.17) is 18.8 Å². The predicted octanol–water partition coefficient (Wildman–Crippen LogP) is 1.47. The average molecular weight is 347 g/mol. The molecule has 2 fully saturated rings. The van der Waals surface area contributed by atoms with Crippen LogP contribution in [0, 0.1) is 0 Å². The molecule has 25 heavy (non-hydrogen) atoms. The lowest BCUT2D eigenvalue weighted by Gasteiger charge is -2.32. The molecule has 1 aromatic rings. The van der Waals surface area contributed by atoms with Gasteiger partial charge in [-0.3, -0.25) is 4.79 Å². The smallest absolute Gasteiger partial charge is 0.494 e. The molecule has 1 aromatic carbocycles. The van der Waals surface area contributed by atoms with Crippen molar-refractivity contribution in [2.75, 3.05) is 33.4 Å². The molecule has 0 aromatic heterocycles. The van der Waals surface area contributed by atoms with Gasteiger partial charge in [-0.25, -0.2) is 0 Å². The molecule has 7 heteroatoms. The summed E-state index contributed by atoms with van der Waals surface area (Å²) in [6, 6.07) is 5.50. The lowest BCUT2D eigenvalue weighted by molar-refractivity contribution is 0.00578. The monoisotopic (exact) mass is 347 g/mol. The normalized spacial score (nSPS) is 22.1. The zero-order valence-corrected chi connectivity index (χ0v) is 15.6. The first-order valence-corrected chi connectivity index (χ1v) is 8.66. The Morgan fingerprint density at radius 2 is 1.72 bits per heavy atom. The molecule has 2 aliphatic rings. The molecule has 0 bridgehead atoms. The van der Waals surface area contributed by atoms with E-state index in [0.717, 1.165) is 5.46 Å². The quantitative estimate of drug-likeness (QED) is 0.775. The molecular formula is C18H26BNO5. The second-order valence-corrected chi connectivity index (χ2v) is 7.45. The molecule has 0 saturated carbocycles. The van der Waals surface area contributed by atoms with E-state index in [2.05, 4.69) is 0 Å². The third-order valence-corrected chi connectivity index (χ3v) is 5.28. The van der Waals surface area contributed by atoms with Gasteiger partial charge < -0.3 is 23.7 Å². The molecule has 2 heterocycles.